The van der Waals surface area contributed by atoms with Gasteiger partial charge in [-0.05, 0) is 25.0 Å². The summed E-state index contributed by atoms with van der Waals surface area (Å²) in [5.74, 6) is 0.0236. The fourth-order valence-corrected chi connectivity index (χ4v) is 2.86. The fourth-order valence-electron chi connectivity index (χ4n) is 2.86. The van der Waals surface area contributed by atoms with E-state index in [-0.39, 0.29) is 5.91 Å². The van der Waals surface area contributed by atoms with Crippen molar-refractivity contribution in [1.82, 2.24) is 14.8 Å². The van der Waals surface area contributed by atoms with Crippen LogP contribution in [0.25, 0.3) is 0 Å². The van der Waals surface area contributed by atoms with Crippen LogP contribution in [-0.2, 0) is 4.74 Å². The molecule has 0 aliphatic carbocycles. The lowest BCUT2D eigenvalue weighted by molar-refractivity contribution is 0.0398. The molecule has 6 nitrogen and oxygen atoms in total. The van der Waals surface area contributed by atoms with E-state index in [0.717, 1.165) is 71.0 Å². The molecule has 1 fully saturated rings. The third kappa shape index (κ3) is 5.76. The maximum atomic E-state index is 12.6. The summed E-state index contributed by atoms with van der Waals surface area (Å²) in [6.07, 6.45) is 3.63. The van der Waals surface area contributed by atoms with Gasteiger partial charge in [-0.1, -0.05) is 13.8 Å². The standard InChI is InChI=1S/C18H30N4O2/c1-3-8-22(9-4-2)18(23)17-15-16(5-6-20-17)19-7-10-21-11-13-24-14-12-21/h5-6,15H,3-4,7-14H2,1-2H3,(H,19,20). The quantitative estimate of drug-likeness (QED) is 0.749. The van der Waals surface area contributed by atoms with Crippen LogP contribution < -0.4 is 5.32 Å². The minimum Gasteiger partial charge on any atom is -0.384 e. The highest BCUT2D eigenvalue weighted by Crippen LogP contribution is 2.11. The van der Waals surface area contributed by atoms with Crippen molar-refractivity contribution >= 4 is 11.6 Å². The number of amides is 1. The Morgan fingerprint density at radius 3 is 2.67 bits per heavy atom. The van der Waals surface area contributed by atoms with Crippen LogP contribution in [0, 0.1) is 0 Å². The van der Waals surface area contributed by atoms with Crippen LogP contribution in [0.5, 0.6) is 0 Å². The minimum atomic E-state index is 0.0236. The molecule has 0 unspecified atom stereocenters. The molecule has 0 spiro atoms. The molecule has 6 heteroatoms. The number of aromatic nitrogens is 1. The molecule has 2 rings (SSSR count). The molecule has 1 N–H and O–H groups in total. The van der Waals surface area contributed by atoms with Gasteiger partial charge in [0.25, 0.3) is 5.91 Å². The van der Waals surface area contributed by atoms with Crippen molar-refractivity contribution < 1.29 is 9.53 Å². The summed E-state index contributed by atoms with van der Waals surface area (Å²) in [4.78, 5) is 21.1. The van der Waals surface area contributed by atoms with Gasteiger partial charge in [-0.3, -0.25) is 14.7 Å². The number of morpholine rings is 1. The molecule has 1 saturated heterocycles. The van der Waals surface area contributed by atoms with Crippen LogP contribution in [0.1, 0.15) is 37.2 Å². The number of anilines is 1. The van der Waals surface area contributed by atoms with Crippen LogP contribution in [0.3, 0.4) is 0 Å². The number of nitrogens with zero attached hydrogens (tertiary/aromatic N) is 3. The van der Waals surface area contributed by atoms with Crippen molar-refractivity contribution in [2.75, 3.05) is 57.8 Å². The average Bonchev–Trinajstić information content (AvgIpc) is 2.62. The third-order valence-electron chi connectivity index (χ3n) is 4.11. The minimum absolute atomic E-state index is 0.0236. The SMILES string of the molecule is CCCN(CCC)C(=O)c1cc(NCCN2CCOCC2)ccn1. The molecule has 0 aromatic carbocycles. The van der Waals surface area contributed by atoms with Crippen molar-refractivity contribution in [2.24, 2.45) is 0 Å². The number of carbonyl (C=O) groups is 1. The molecule has 1 amide bonds. The first-order valence-electron chi connectivity index (χ1n) is 9.04. The molecule has 0 bridgehead atoms. The number of ether oxygens (including phenoxy) is 1. The molecule has 1 aromatic heterocycles. The number of pyridine rings is 1. The highest BCUT2D eigenvalue weighted by Gasteiger charge is 2.16. The second-order valence-electron chi connectivity index (χ2n) is 6.10. The Bertz CT molecular complexity index is 498. The number of rotatable bonds is 9. The molecule has 1 aliphatic heterocycles. The van der Waals surface area contributed by atoms with Crippen molar-refractivity contribution in [2.45, 2.75) is 26.7 Å². The van der Waals surface area contributed by atoms with Gasteiger partial charge in [-0.2, -0.15) is 0 Å². The summed E-state index contributed by atoms with van der Waals surface area (Å²) >= 11 is 0. The molecular weight excluding hydrogens is 304 g/mol. The summed E-state index contributed by atoms with van der Waals surface area (Å²) in [5.41, 5.74) is 1.47. The van der Waals surface area contributed by atoms with E-state index < -0.39 is 0 Å². The second kappa shape index (κ2) is 10.3. The van der Waals surface area contributed by atoms with Gasteiger partial charge >= 0.3 is 0 Å². The molecular formula is C18H30N4O2. The average molecular weight is 334 g/mol. The Morgan fingerprint density at radius 2 is 2.00 bits per heavy atom. The maximum absolute atomic E-state index is 12.6. The first kappa shape index (κ1) is 18.7. The number of nitrogens with one attached hydrogen (secondary N) is 1. The fraction of sp³-hybridized carbons (Fsp3) is 0.667. The Labute approximate surface area is 145 Å². The highest BCUT2D eigenvalue weighted by molar-refractivity contribution is 5.93. The molecule has 0 radical (unpaired) electrons. The van der Waals surface area contributed by atoms with Gasteiger partial charge in [0, 0.05) is 51.2 Å². The van der Waals surface area contributed by atoms with Crippen LogP contribution in [0.4, 0.5) is 5.69 Å². The van der Waals surface area contributed by atoms with Crippen molar-refractivity contribution in [3.8, 4) is 0 Å². The van der Waals surface area contributed by atoms with Crippen LogP contribution >= 0.6 is 0 Å². The smallest absolute Gasteiger partial charge is 0.272 e. The molecule has 0 atom stereocenters. The Morgan fingerprint density at radius 1 is 1.29 bits per heavy atom. The molecule has 0 saturated carbocycles. The van der Waals surface area contributed by atoms with E-state index in [1.165, 1.54) is 0 Å². The summed E-state index contributed by atoms with van der Waals surface area (Å²) in [6.45, 7) is 11.2. The van der Waals surface area contributed by atoms with Gasteiger partial charge < -0.3 is 15.0 Å². The van der Waals surface area contributed by atoms with E-state index in [4.69, 9.17) is 4.74 Å². The van der Waals surface area contributed by atoms with E-state index in [2.05, 4.69) is 29.0 Å². The normalized spacial score (nSPS) is 15.2. The van der Waals surface area contributed by atoms with Gasteiger partial charge in [0.1, 0.15) is 5.69 Å². The molecule has 2 heterocycles. The zero-order valence-corrected chi connectivity index (χ0v) is 15.0. The zero-order valence-electron chi connectivity index (χ0n) is 15.0. The first-order valence-corrected chi connectivity index (χ1v) is 9.04. The highest BCUT2D eigenvalue weighted by atomic mass is 16.5. The van der Waals surface area contributed by atoms with Crippen LogP contribution in [-0.4, -0.2) is 73.2 Å². The predicted molar refractivity (Wildman–Crippen MR) is 96.5 cm³/mol. The summed E-state index contributed by atoms with van der Waals surface area (Å²) in [5, 5.41) is 3.40. The van der Waals surface area contributed by atoms with E-state index in [9.17, 15) is 4.79 Å². The van der Waals surface area contributed by atoms with Crippen molar-refractivity contribution in [3.05, 3.63) is 24.0 Å². The van der Waals surface area contributed by atoms with E-state index in [0.29, 0.717) is 5.69 Å². The summed E-state index contributed by atoms with van der Waals surface area (Å²) in [6, 6.07) is 3.78. The van der Waals surface area contributed by atoms with Crippen LogP contribution in [0.2, 0.25) is 0 Å². The van der Waals surface area contributed by atoms with Gasteiger partial charge in [-0.25, -0.2) is 0 Å². The lowest BCUT2D eigenvalue weighted by Gasteiger charge is -2.26. The van der Waals surface area contributed by atoms with E-state index in [1.54, 1.807) is 6.20 Å². The topological polar surface area (TPSA) is 57.7 Å². The molecule has 134 valence electrons. The number of hydrogen-bond donors (Lipinski definition) is 1. The van der Waals surface area contributed by atoms with Gasteiger partial charge in [0.05, 0.1) is 13.2 Å². The zero-order chi connectivity index (χ0) is 17.2. The lowest BCUT2D eigenvalue weighted by atomic mass is 10.2. The number of hydrogen-bond acceptors (Lipinski definition) is 5. The second-order valence-corrected chi connectivity index (χ2v) is 6.10. The first-order chi connectivity index (χ1) is 11.7. The van der Waals surface area contributed by atoms with Crippen LogP contribution in [0.15, 0.2) is 18.3 Å². The monoisotopic (exact) mass is 334 g/mol. The van der Waals surface area contributed by atoms with E-state index in [1.807, 2.05) is 17.0 Å². The third-order valence-corrected chi connectivity index (χ3v) is 4.11. The Kier molecular flexibility index (Phi) is 7.98. The van der Waals surface area contributed by atoms with Crippen molar-refractivity contribution in [1.29, 1.82) is 0 Å². The van der Waals surface area contributed by atoms with E-state index >= 15 is 0 Å². The van der Waals surface area contributed by atoms with Crippen molar-refractivity contribution in [3.63, 3.8) is 0 Å². The largest absolute Gasteiger partial charge is 0.384 e. The molecule has 24 heavy (non-hydrogen) atoms. The number of carbonyl (C=O) groups excluding carboxylic acids is 1. The van der Waals surface area contributed by atoms with Gasteiger partial charge in [0.2, 0.25) is 0 Å². The Hall–Kier alpha value is -1.66. The maximum Gasteiger partial charge on any atom is 0.272 e. The summed E-state index contributed by atoms with van der Waals surface area (Å²) in [7, 11) is 0. The Balaban J connectivity index is 1.88. The predicted octanol–water partition coefficient (Wildman–Crippen LogP) is 2.09. The summed E-state index contributed by atoms with van der Waals surface area (Å²) < 4.78 is 5.36. The van der Waals surface area contributed by atoms with Gasteiger partial charge in [-0.15, -0.1) is 0 Å². The molecule has 1 aliphatic rings. The molecule has 1 aromatic rings. The lowest BCUT2D eigenvalue weighted by Crippen LogP contribution is -2.39. The van der Waals surface area contributed by atoms with Gasteiger partial charge in [0.15, 0.2) is 0 Å².